The SMILES string of the molecule is CCn1nccc1C(C)NC(=O)c1cccc(COc2cccc(Br)c2)c1. The average Bonchev–Trinajstić information content (AvgIpc) is 3.15. The van der Waals surface area contributed by atoms with Gasteiger partial charge in [-0.2, -0.15) is 5.10 Å². The van der Waals surface area contributed by atoms with Crippen LogP contribution in [-0.2, 0) is 13.2 Å². The van der Waals surface area contributed by atoms with E-state index in [1.54, 1.807) is 6.20 Å². The van der Waals surface area contributed by atoms with Crippen molar-refractivity contribution in [2.24, 2.45) is 0 Å². The predicted octanol–water partition coefficient (Wildman–Crippen LogP) is 4.74. The van der Waals surface area contributed by atoms with Crippen LogP contribution in [0.1, 0.15) is 41.5 Å². The number of aromatic nitrogens is 2. The molecule has 0 saturated carbocycles. The summed E-state index contributed by atoms with van der Waals surface area (Å²) in [5.74, 6) is 0.663. The van der Waals surface area contributed by atoms with Crippen LogP contribution >= 0.6 is 15.9 Å². The molecule has 2 aromatic carbocycles. The van der Waals surface area contributed by atoms with Gasteiger partial charge in [0.2, 0.25) is 0 Å². The number of aryl methyl sites for hydroxylation is 1. The lowest BCUT2D eigenvalue weighted by molar-refractivity contribution is 0.0938. The van der Waals surface area contributed by atoms with Crippen LogP contribution in [0.2, 0.25) is 0 Å². The van der Waals surface area contributed by atoms with E-state index in [2.05, 4.69) is 26.3 Å². The number of ether oxygens (including phenoxy) is 1. The zero-order chi connectivity index (χ0) is 19.2. The van der Waals surface area contributed by atoms with Crippen molar-refractivity contribution in [1.29, 1.82) is 0 Å². The molecule has 1 N–H and O–H groups in total. The van der Waals surface area contributed by atoms with Crippen LogP contribution < -0.4 is 10.1 Å². The molecule has 27 heavy (non-hydrogen) atoms. The van der Waals surface area contributed by atoms with Gasteiger partial charge in [0.05, 0.1) is 11.7 Å². The summed E-state index contributed by atoms with van der Waals surface area (Å²) >= 11 is 3.43. The summed E-state index contributed by atoms with van der Waals surface area (Å²) in [4.78, 5) is 12.6. The van der Waals surface area contributed by atoms with Gasteiger partial charge in [-0.1, -0.05) is 34.1 Å². The van der Waals surface area contributed by atoms with Crippen LogP contribution in [0.15, 0.2) is 65.3 Å². The van der Waals surface area contributed by atoms with Crippen LogP contribution in [0.5, 0.6) is 5.75 Å². The molecule has 6 heteroatoms. The van der Waals surface area contributed by atoms with Crippen molar-refractivity contribution in [2.45, 2.75) is 33.0 Å². The third-order valence-corrected chi connectivity index (χ3v) is 4.72. The number of halogens is 1. The first kappa shape index (κ1) is 19.2. The minimum atomic E-state index is -0.124. The van der Waals surface area contributed by atoms with Crippen LogP contribution in [0, 0.1) is 0 Å². The van der Waals surface area contributed by atoms with Gasteiger partial charge in [-0.15, -0.1) is 0 Å². The number of hydrogen-bond acceptors (Lipinski definition) is 3. The van der Waals surface area contributed by atoms with Crippen LogP contribution in [0.4, 0.5) is 0 Å². The van der Waals surface area contributed by atoms with Crippen molar-refractivity contribution in [3.8, 4) is 5.75 Å². The number of hydrogen-bond donors (Lipinski definition) is 1. The maximum absolute atomic E-state index is 12.6. The van der Waals surface area contributed by atoms with Crippen LogP contribution in [0.25, 0.3) is 0 Å². The smallest absolute Gasteiger partial charge is 0.251 e. The summed E-state index contributed by atoms with van der Waals surface area (Å²) in [6.45, 7) is 5.15. The van der Waals surface area contributed by atoms with Gasteiger partial charge in [0.1, 0.15) is 12.4 Å². The Morgan fingerprint density at radius 2 is 2.04 bits per heavy atom. The number of carbonyl (C=O) groups excluding carboxylic acids is 1. The Morgan fingerprint density at radius 1 is 1.22 bits per heavy atom. The maximum atomic E-state index is 12.6. The second kappa shape index (κ2) is 8.86. The van der Waals surface area contributed by atoms with Gasteiger partial charge in [-0.25, -0.2) is 0 Å². The second-order valence-corrected chi connectivity index (χ2v) is 7.13. The zero-order valence-corrected chi connectivity index (χ0v) is 16.9. The van der Waals surface area contributed by atoms with Crippen LogP contribution in [-0.4, -0.2) is 15.7 Å². The lowest BCUT2D eigenvalue weighted by atomic mass is 10.1. The van der Waals surface area contributed by atoms with Gasteiger partial charge in [0, 0.05) is 22.8 Å². The summed E-state index contributed by atoms with van der Waals surface area (Å²) in [6.07, 6.45) is 1.75. The normalized spacial score (nSPS) is 11.8. The molecule has 1 heterocycles. The summed E-state index contributed by atoms with van der Waals surface area (Å²) in [5.41, 5.74) is 2.54. The van der Waals surface area contributed by atoms with E-state index in [0.717, 1.165) is 28.0 Å². The van der Waals surface area contributed by atoms with Crippen molar-refractivity contribution < 1.29 is 9.53 Å². The molecule has 0 bridgehead atoms. The summed E-state index contributed by atoms with van der Waals surface area (Å²) in [7, 11) is 0. The van der Waals surface area contributed by atoms with Gasteiger partial charge >= 0.3 is 0 Å². The predicted molar refractivity (Wildman–Crippen MR) is 109 cm³/mol. The molecular weight excluding hydrogens is 406 g/mol. The Balaban J connectivity index is 1.64. The molecule has 140 valence electrons. The molecule has 0 spiro atoms. The van der Waals surface area contributed by atoms with E-state index in [9.17, 15) is 4.79 Å². The second-order valence-electron chi connectivity index (χ2n) is 6.21. The largest absolute Gasteiger partial charge is 0.489 e. The third-order valence-electron chi connectivity index (χ3n) is 4.23. The highest BCUT2D eigenvalue weighted by atomic mass is 79.9. The number of nitrogens with zero attached hydrogens (tertiary/aromatic N) is 2. The Hall–Kier alpha value is -2.60. The highest BCUT2D eigenvalue weighted by Crippen LogP contribution is 2.19. The van der Waals surface area contributed by atoms with Gasteiger partial charge in [-0.3, -0.25) is 9.48 Å². The Kier molecular flexibility index (Phi) is 6.29. The molecule has 1 amide bonds. The van der Waals surface area contributed by atoms with Crippen LogP contribution in [0.3, 0.4) is 0 Å². The minimum Gasteiger partial charge on any atom is -0.489 e. The fraction of sp³-hybridized carbons (Fsp3) is 0.238. The van der Waals surface area contributed by atoms with E-state index >= 15 is 0 Å². The molecule has 0 fully saturated rings. The summed E-state index contributed by atoms with van der Waals surface area (Å²) in [5, 5.41) is 7.29. The third kappa shape index (κ3) is 4.98. The first-order valence-corrected chi connectivity index (χ1v) is 9.66. The molecular formula is C21H22BrN3O2. The Bertz CT molecular complexity index is 923. The average molecular weight is 428 g/mol. The van der Waals surface area contributed by atoms with Gasteiger partial charge in [0.25, 0.3) is 5.91 Å². The topological polar surface area (TPSA) is 56.2 Å². The zero-order valence-electron chi connectivity index (χ0n) is 15.4. The molecule has 0 radical (unpaired) electrons. The lowest BCUT2D eigenvalue weighted by Crippen LogP contribution is -2.28. The fourth-order valence-corrected chi connectivity index (χ4v) is 3.23. The summed E-state index contributed by atoms with van der Waals surface area (Å²) < 4.78 is 8.65. The number of benzene rings is 2. The summed E-state index contributed by atoms with van der Waals surface area (Å²) in [6, 6.07) is 17.0. The molecule has 1 atom stereocenters. The standard InChI is InChI=1S/C21H22BrN3O2/c1-3-25-20(10-11-23-25)15(2)24-21(26)17-7-4-6-16(12-17)14-27-19-9-5-8-18(22)13-19/h4-13,15H,3,14H2,1-2H3,(H,24,26). The maximum Gasteiger partial charge on any atom is 0.251 e. The van der Waals surface area contributed by atoms with E-state index in [1.165, 1.54) is 0 Å². The van der Waals surface area contributed by atoms with Crippen molar-refractivity contribution in [2.75, 3.05) is 0 Å². The molecule has 5 nitrogen and oxygen atoms in total. The van der Waals surface area contributed by atoms with Crippen molar-refractivity contribution in [1.82, 2.24) is 15.1 Å². The molecule has 0 aliphatic heterocycles. The molecule has 3 rings (SSSR count). The van der Waals surface area contributed by atoms with E-state index in [0.29, 0.717) is 12.2 Å². The number of rotatable bonds is 7. The highest BCUT2D eigenvalue weighted by Gasteiger charge is 2.15. The highest BCUT2D eigenvalue weighted by molar-refractivity contribution is 9.10. The first-order valence-electron chi connectivity index (χ1n) is 8.86. The number of carbonyl (C=O) groups is 1. The minimum absolute atomic E-state index is 0.115. The van der Waals surface area contributed by atoms with Gasteiger partial charge in [0.15, 0.2) is 0 Å². The molecule has 0 aliphatic carbocycles. The van der Waals surface area contributed by atoms with E-state index in [-0.39, 0.29) is 11.9 Å². The molecule has 1 aromatic heterocycles. The van der Waals surface area contributed by atoms with Gasteiger partial charge in [-0.05, 0) is 55.8 Å². The van der Waals surface area contributed by atoms with Crippen molar-refractivity contribution in [3.05, 3.63) is 82.1 Å². The van der Waals surface area contributed by atoms with E-state index in [1.807, 2.05) is 73.1 Å². The van der Waals surface area contributed by atoms with E-state index in [4.69, 9.17) is 4.74 Å². The molecule has 0 saturated heterocycles. The Labute approximate surface area is 167 Å². The number of amides is 1. The van der Waals surface area contributed by atoms with Crippen molar-refractivity contribution in [3.63, 3.8) is 0 Å². The number of nitrogens with one attached hydrogen (secondary N) is 1. The van der Waals surface area contributed by atoms with E-state index < -0.39 is 0 Å². The fourth-order valence-electron chi connectivity index (χ4n) is 2.85. The van der Waals surface area contributed by atoms with Crippen molar-refractivity contribution >= 4 is 21.8 Å². The molecule has 1 unspecified atom stereocenters. The monoisotopic (exact) mass is 427 g/mol. The van der Waals surface area contributed by atoms with Gasteiger partial charge < -0.3 is 10.1 Å². The quantitative estimate of drug-likeness (QED) is 0.592. The Morgan fingerprint density at radius 3 is 2.81 bits per heavy atom. The lowest BCUT2D eigenvalue weighted by Gasteiger charge is -2.16. The molecule has 0 aliphatic rings. The first-order chi connectivity index (χ1) is 13.1. The molecule has 3 aromatic rings.